The number of benzene rings is 1. The van der Waals surface area contributed by atoms with Crippen LogP contribution < -0.4 is 16.0 Å². The van der Waals surface area contributed by atoms with Gasteiger partial charge in [-0.25, -0.2) is 9.78 Å². The van der Waals surface area contributed by atoms with Crippen molar-refractivity contribution >= 4 is 34.8 Å². The van der Waals surface area contributed by atoms with Gasteiger partial charge in [0.15, 0.2) is 0 Å². The van der Waals surface area contributed by atoms with Crippen LogP contribution in [-0.2, 0) is 0 Å². The highest BCUT2D eigenvalue weighted by atomic mass is 35.5. The van der Waals surface area contributed by atoms with Gasteiger partial charge in [-0.15, -0.1) is 0 Å². The average Bonchev–Trinajstić information content (AvgIpc) is 3.29. The first-order valence-electron chi connectivity index (χ1n) is 7.17. The maximum absolute atomic E-state index is 11.6. The first kappa shape index (κ1) is 14.7. The van der Waals surface area contributed by atoms with Gasteiger partial charge in [-0.05, 0) is 49.6 Å². The standard InChI is InChI=1S/C16H17ClN4O/c1-10-2-3-12(8-14(10)17)19-15-7-6-13(9-18-15)21-16(22)20-11-4-5-11/h2-3,6-9,11H,4-5H2,1H3,(H,18,19)(H2,20,21,22). The van der Waals surface area contributed by atoms with Crippen LogP contribution in [-0.4, -0.2) is 17.1 Å². The van der Waals surface area contributed by atoms with Gasteiger partial charge < -0.3 is 16.0 Å². The Morgan fingerprint density at radius 1 is 1.23 bits per heavy atom. The van der Waals surface area contributed by atoms with E-state index in [1.54, 1.807) is 18.3 Å². The van der Waals surface area contributed by atoms with Gasteiger partial charge in [-0.1, -0.05) is 17.7 Å². The molecule has 0 bridgehead atoms. The summed E-state index contributed by atoms with van der Waals surface area (Å²) in [5.74, 6) is 0.688. The zero-order valence-corrected chi connectivity index (χ0v) is 12.9. The molecule has 0 saturated heterocycles. The molecule has 6 heteroatoms. The van der Waals surface area contributed by atoms with Crippen molar-refractivity contribution in [1.29, 1.82) is 0 Å². The molecule has 0 atom stereocenters. The number of halogens is 1. The number of anilines is 3. The van der Waals surface area contributed by atoms with Crippen molar-refractivity contribution in [3.63, 3.8) is 0 Å². The van der Waals surface area contributed by atoms with Gasteiger partial charge in [-0.2, -0.15) is 0 Å². The van der Waals surface area contributed by atoms with Gasteiger partial charge in [0, 0.05) is 16.8 Å². The molecule has 2 amide bonds. The number of carbonyl (C=O) groups excluding carboxylic acids is 1. The zero-order chi connectivity index (χ0) is 15.5. The maximum atomic E-state index is 11.6. The fraction of sp³-hybridized carbons (Fsp3) is 0.250. The monoisotopic (exact) mass is 316 g/mol. The summed E-state index contributed by atoms with van der Waals surface area (Å²) in [7, 11) is 0. The predicted octanol–water partition coefficient (Wildman–Crippen LogP) is 4.07. The Labute approximate surface area is 134 Å². The molecule has 1 aliphatic carbocycles. The molecular weight excluding hydrogens is 300 g/mol. The lowest BCUT2D eigenvalue weighted by molar-refractivity contribution is 0.251. The number of aromatic nitrogens is 1. The van der Waals surface area contributed by atoms with E-state index in [2.05, 4.69) is 20.9 Å². The van der Waals surface area contributed by atoms with Crippen molar-refractivity contribution in [3.8, 4) is 0 Å². The van der Waals surface area contributed by atoms with E-state index in [4.69, 9.17) is 11.6 Å². The number of urea groups is 1. The van der Waals surface area contributed by atoms with Crippen LogP contribution >= 0.6 is 11.6 Å². The molecule has 1 aromatic heterocycles. The van der Waals surface area contributed by atoms with E-state index in [0.717, 1.165) is 24.1 Å². The molecule has 22 heavy (non-hydrogen) atoms. The van der Waals surface area contributed by atoms with Crippen molar-refractivity contribution in [2.24, 2.45) is 0 Å². The third-order valence-corrected chi connectivity index (χ3v) is 3.79. The second kappa shape index (κ2) is 6.23. The summed E-state index contributed by atoms with van der Waals surface area (Å²) in [5.41, 5.74) is 2.56. The minimum atomic E-state index is -0.185. The van der Waals surface area contributed by atoms with E-state index in [1.165, 1.54) is 0 Å². The van der Waals surface area contributed by atoms with E-state index < -0.39 is 0 Å². The molecule has 5 nitrogen and oxygen atoms in total. The fourth-order valence-electron chi connectivity index (χ4n) is 1.94. The summed E-state index contributed by atoms with van der Waals surface area (Å²) in [6.07, 6.45) is 3.74. The second-order valence-electron chi connectivity index (χ2n) is 5.39. The maximum Gasteiger partial charge on any atom is 0.319 e. The number of hydrogen-bond acceptors (Lipinski definition) is 3. The number of carbonyl (C=O) groups is 1. The number of amides is 2. The second-order valence-corrected chi connectivity index (χ2v) is 5.80. The molecule has 1 heterocycles. The molecule has 0 unspecified atom stereocenters. The minimum Gasteiger partial charge on any atom is -0.340 e. The topological polar surface area (TPSA) is 66.0 Å². The molecule has 0 radical (unpaired) electrons. The van der Waals surface area contributed by atoms with Crippen LogP contribution in [0, 0.1) is 6.92 Å². The first-order valence-corrected chi connectivity index (χ1v) is 7.55. The molecule has 3 rings (SSSR count). The van der Waals surface area contributed by atoms with Crippen molar-refractivity contribution in [2.45, 2.75) is 25.8 Å². The van der Waals surface area contributed by atoms with Gasteiger partial charge in [0.25, 0.3) is 0 Å². The molecule has 1 aliphatic rings. The lowest BCUT2D eigenvalue weighted by Gasteiger charge is -2.09. The van der Waals surface area contributed by atoms with Crippen molar-refractivity contribution in [2.75, 3.05) is 10.6 Å². The van der Waals surface area contributed by atoms with E-state index in [-0.39, 0.29) is 6.03 Å². The Morgan fingerprint density at radius 3 is 2.64 bits per heavy atom. The molecule has 0 spiro atoms. The van der Waals surface area contributed by atoms with Crippen LogP contribution in [0.15, 0.2) is 36.5 Å². The Hall–Kier alpha value is -2.27. The normalized spacial score (nSPS) is 13.5. The lowest BCUT2D eigenvalue weighted by Crippen LogP contribution is -2.30. The van der Waals surface area contributed by atoms with Crippen LogP contribution in [0.1, 0.15) is 18.4 Å². The van der Waals surface area contributed by atoms with E-state index >= 15 is 0 Å². The molecule has 2 aromatic rings. The minimum absolute atomic E-state index is 0.185. The van der Waals surface area contributed by atoms with E-state index in [1.807, 2.05) is 25.1 Å². The predicted molar refractivity (Wildman–Crippen MR) is 88.9 cm³/mol. The Bertz CT molecular complexity index is 683. The van der Waals surface area contributed by atoms with Gasteiger partial charge in [0.2, 0.25) is 0 Å². The summed E-state index contributed by atoms with van der Waals surface area (Å²) in [5, 5.41) is 9.50. The fourth-order valence-corrected chi connectivity index (χ4v) is 2.12. The van der Waals surface area contributed by atoms with Crippen LogP contribution in [0.25, 0.3) is 0 Å². The van der Waals surface area contributed by atoms with Gasteiger partial charge in [-0.3, -0.25) is 0 Å². The SMILES string of the molecule is Cc1ccc(Nc2ccc(NC(=O)NC3CC3)cn2)cc1Cl. The van der Waals surface area contributed by atoms with Gasteiger partial charge in [0.1, 0.15) is 5.82 Å². The number of nitrogens with zero attached hydrogens (tertiary/aromatic N) is 1. The van der Waals surface area contributed by atoms with Crippen molar-refractivity contribution in [3.05, 3.63) is 47.1 Å². The van der Waals surface area contributed by atoms with Gasteiger partial charge >= 0.3 is 6.03 Å². The molecule has 0 aliphatic heterocycles. The van der Waals surface area contributed by atoms with Crippen molar-refractivity contribution < 1.29 is 4.79 Å². The Morgan fingerprint density at radius 2 is 2.00 bits per heavy atom. The number of hydrogen-bond donors (Lipinski definition) is 3. The van der Waals surface area contributed by atoms with E-state index in [9.17, 15) is 4.79 Å². The number of aryl methyl sites for hydroxylation is 1. The summed E-state index contributed by atoms with van der Waals surface area (Å²) < 4.78 is 0. The van der Waals surface area contributed by atoms with E-state index in [0.29, 0.717) is 22.6 Å². The third kappa shape index (κ3) is 3.89. The lowest BCUT2D eigenvalue weighted by atomic mass is 10.2. The van der Waals surface area contributed by atoms with Crippen LogP contribution in [0.4, 0.5) is 22.0 Å². The van der Waals surface area contributed by atoms with Crippen LogP contribution in [0.5, 0.6) is 0 Å². The smallest absolute Gasteiger partial charge is 0.319 e. The number of pyridine rings is 1. The highest BCUT2D eigenvalue weighted by molar-refractivity contribution is 6.31. The summed E-state index contributed by atoms with van der Waals surface area (Å²) in [4.78, 5) is 15.9. The first-order chi connectivity index (χ1) is 10.6. The highest BCUT2D eigenvalue weighted by Gasteiger charge is 2.23. The van der Waals surface area contributed by atoms with Crippen LogP contribution in [0.2, 0.25) is 5.02 Å². The highest BCUT2D eigenvalue weighted by Crippen LogP contribution is 2.23. The molecule has 1 fully saturated rings. The third-order valence-electron chi connectivity index (χ3n) is 3.38. The molecule has 114 valence electrons. The van der Waals surface area contributed by atoms with Gasteiger partial charge in [0.05, 0.1) is 11.9 Å². The Balaban J connectivity index is 1.60. The zero-order valence-electron chi connectivity index (χ0n) is 12.2. The largest absolute Gasteiger partial charge is 0.340 e. The summed E-state index contributed by atoms with van der Waals surface area (Å²) >= 11 is 6.09. The average molecular weight is 317 g/mol. The number of nitrogens with one attached hydrogen (secondary N) is 3. The quantitative estimate of drug-likeness (QED) is 0.796. The summed E-state index contributed by atoms with van der Waals surface area (Å²) in [6, 6.07) is 9.50. The molecular formula is C16H17ClN4O. The van der Waals surface area contributed by atoms with Crippen molar-refractivity contribution in [1.82, 2.24) is 10.3 Å². The number of rotatable bonds is 4. The Kier molecular flexibility index (Phi) is 4.15. The molecule has 3 N–H and O–H groups in total. The molecule has 1 saturated carbocycles. The summed E-state index contributed by atoms with van der Waals surface area (Å²) in [6.45, 7) is 1.96. The molecule has 1 aromatic carbocycles. The van der Waals surface area contributed by atoms with Crippen LogP contribution in [0.3, 0.4) is 0 Å².